The molecular weight excluding hydrogens is 285 g/mol. The third-order valence-electron chi connectivity index (χ3n) is 3.52. The van der Waals surface area contributed by atoms with Gasteiger partial charge in [-0.25, -0.2) is 4.39 Å². The Bertz CT molecular complexity index is 466. The van der Waals surface area contributed by atoms with E-state index in [1.54, 1.807) is 6.07 Å². The smallest absolute Gasteiger partial charge is 0.253 e. The number of halogens is 1. The molecule has 0 fully saturated rings. The summed E-state index contributed by atoms with van der Waals surface area (Å²) in [7, 11) is 2.11. The highest BCUT2D eigenvalue weighted by Crippen LogP contribution is 2.11. The van der Waals surface area contributed by atoms with Gasteiger partial charge in [0.15, 0.2) is 0 Å². The molecule has 2 radical (unpaired) electrons. The fraction of sp³-hybridized carbons (Fsp3) is 0.533. The summed E-state index contributed by atoms with van der Waals surface area (Å²) in [6.45, 7) is 6.78. The second-order valence-electron chi connectivity index (χ2n) is 4.75. The molecule has 4 nitrogen and oxygen atoms in total. The predicted octanol–water partition coefficient (Wildman–Crippen LogP) is 1.02. The molecule has 0 aliphatic rings. The van der Waals surface area contributed by atoms with E-state index in [1.807, 2.05) is 6.07 Å². The van der Waals surface area contributed by atoms with Crippen LogP contribution in [0.5, 0.6) is 0 Å². The Morgan fingerprint density at radius 3 is 2.57 bits per heavy atom. The minimum Gasteiger partial charge on any atom is -0.355 e. The van der Waals surface area contributed by atoms with Gasteiger partial charge in [0, 0.05) is 19.3 Å². The van der Waals surface area contributed by atoms with Crippen LogP contribution in [0, 0.1) is 5.82 Å². The third-order valence-corrected chi connectivity index (χ3v) is 5.21. The van der Waals surface area contributed by atoms with Crippen molar-refractivity contribution in [3.05, 3.63) is 35.1 Å². The predicted molar refractivity (Wildman–Crippen MR) is 85.0 cm³/mol. The number of benzene rings is 1. The maximum atomic E-state index is 13.9. The van der Waals surface area contributed by atoms with Crippen molar-refractivity contribution in [3.8, 4) is 0 Å². The Labute approximate surface area is 128 Å². The number of carbonyl (C=O) groups excluding carboxylic acids is 1. The maximum absolute atomic E-state index is 13.9. The van der Waals surface area contributed by atoms with Crippen molar-refractivity contribution in [2.24, 2.45) is 5.73 Å². The molecular formula is C15H24FN3OSi. The fourth-order valence-corrected chi connectivity index (χ4v) is 3.73. The number of likely N-dealkylation sites (N-methyl/N-ethyl adjacent to an activating group) is 1. The van der Waals surface area contributed by atoms with Crippen LogP contribution in [0.25, 0.3) is 0 Å². The monoisotopic (exact) mass is 309 g/mol. The fourth-order valence-electron chi connectivity index (χ4n) is 2.25. The molecule has 1 aromatic rings. The van der Waals surface area contributed by atoms with Crippen LogP contribution >= 0.6 is 0 Å². The molecule has 116 valence electrons. The third kappa shape index (κ3) is 4.91. The lowest BCUT2D eigenvalue weighted by atomic mass is 10.1. The highest BCUT2D eigenvalue weighted by atomic mass is 28.2. The Morgan fingerprint density at radius 2 is 2.10 bits per heavy atom. The SMILES string of the molecule is CCN(CC)[C@H](CN)[Si]Cc1ccc(C(=O)NC)c(F)c1. The first-order chi connectivity index (χ1) is 10.1. The zero-order chi connectivity index (χ0) is 15.8. The number of hydrogen-bond donors (Lipinski definition) is 2. The zero-order valence-electron chi connectivity index (χ0n) is 12.9. The average molecular weight is 309 g/mol. The summed E-state index contributed by atoms with van der Waals surface area (Å²) < 4.78 is 13.9. The molecule has 0 saturated carbocycles. The van der Waals surface area contributed by atoms with Crippen molar-refractivity contribution < 1.29 is 9.18 Å². The van der Waals surface area contributed by atoms with Crippen molar-refractivity contribution in [1.29, 1.82) is 0 Å². The van der Waals surface area contributed by atoms with Gasteiger partial charge in [0.25, 0.3) is 5.91 Å². The van der Waals surface area contributed by atoms with Crippen LogP contribution in [-0.4, -0.2) is 52.7 Å². The van der Waals surface area contributed by atoms with E-state index in [1.165, 1.54) is 13.1 Å². The van der Waals surface area contributed by atoms with Crippen LogP contribution in [0.3, 0.4) is 0 Å². The number of hydrogen-bond acceptors (Lipinski definition) is 3. The molecule has 3 N–H and O–H groups in total. The summed E-state index contributed by atoms with van der Waals surface area (Å²) >= 11 is 0. The Morgan fingerprint density at radius 1 is 1.43 bits per heavy atom. The van der Waals surface area contributed by atoms with Crippen molar-refractivity contribution in [2.45, 2.75) is 25.6 Å². The lowest BCUT2D eigenvalue weighted by Crippen LogP contribution is -2.45. The van der Waals surface area contributed by atoms with Crippen LogP contribution in [-0.2, 0) is 6.04 Å². The van der Waals surface area contributed by atoms with E-state index in [9.17, 15) is 9.18 Å². The maximum Gasteiger partial charge on any atom is 0.253 e. The first-order valence-electron chi connectivity index (χ1n) is 7.25. The largest absolute Gasteiger partial charge is 0.355 e. The lowest BCUT2D eigenvalue weighted by molar-refractivity contribution is 0.0959. The zero-order valence-corrected chi connectivity index (χ0v) is 13.9. The molecule has 1 amide bonds. The van der Waals surface area contributed by atoms with Crippen LogP contribution < -0.4 is 11.1 Å². The van der Waals surface area contributed by atoms with Gasteiger partial charge in [-0.3, -0.25) is 4.79 Å². The second-order valence-corrected chi connectivity index (χ2v) is 6.18. The summed E-state index contributed by atoms with van der Waals surface area (Å²) in [6.07, 6.45) is 0. The van der Waals surface area contributed by atoms with Gasteiger partial charge in [-0.15, -0.1) is 0 Å². The minimum absolute atomic E-state index is 0.0868. The summed E-state index contributed by atoms with van der Waals surface area (Å²) in [5, 5.41) is 2.43. The van der Waals surface area contributed by atoms with Gasteiger partial charge in [0.1, 0.15) is 5.82 Å². The van der Waals surface area contributed by atoms with Crippen LogP contribution in [0.2, 0.25) is 0 Å². The lowest BCUT2D eigenvalue weighted by Gasteiger charge is -2.28. The Hall–Kier alpha value is -1.24. The van der Waals surface area contributed by atoms with Crippen LogP contribution in [0.1, 0.15) is 29.8 Å². The van der Waals surface area contributed by atoms with Gasteiger partial charge in [-0.2, -0.15) is 0 Å². The standard InChI is InChI=1S/C15H24FN3OSi/c1-4-19(5-2)14(9-17)21-10-11-6-7-12(13(16)8-11)15(20)18-3/h6-8,14H,4-5,9-10,17H2,1-3H3,(H,18,20)/t14-/m0/s1. The van der Waals surface area contributed by atoms with E-state index in [0.29, 0.717) is 21.7 Å². The Balaban J connectivity index is 2.71. The molecule has 1 atom stereocenters. The van der Waals surface area contributed by atoms with Crippen molar-refractivity contribution in [2.75, 3.05) is 26.7 Å². The van der Waals surface area contributed by atoms with E-state index < -0.39 is 11.7 Å². The normalized spacial score (nSPS) is 12.5. The molecule has 0 aromatic heterocycles. The van der Waals surface area contributed by atoms with E-state index in [-0.39, 0.29) is 5.56 Å². The quantitative estimate of drug-likeness (QED) is 0.705. The van der Waals surface area contributed by atoms with Crippen LogP contribution in [0.15, 0.2) is 18.2 Å². The summed E-state index contributed by atoms with van der Waals surface area (Å²) in [5.74, 6) is -0.867. The van der Waals surface area contributed by atoms with E-state index in [0.717, 1.165) is 24.7 Å². The molecule has 1 rings (SSSR count). The number of nitrogens with two attached hydrogens (primary N) is 1. The van der Waals surface area contributed by atoms with Gasteiger partial charge in [-0.05, 0) is 36.8 Å². The summed E-state index contributed by atoms with van der Waals surface area (Å²) in [6, 6.07) is 5.59. The van der Waals surface area contributed by atoms with Gasteiger partial charge >= 0.3 is 0 Å². The van der Waals surface area contributed by atoms with Crippen molar-refractivity contribution in [1.82, 2.24) is 10.2 Å². The number of amides is 1. The first-order valence-corrected chi connectivity index (χ1v) is 8.53. The van der Waals surface area contributed by atoms with E-state index in [2.05, 4.69) is 24.1 Å². The molecule has 0 aliphatic heterocycles. The Kier molecular flexibility index (Phi) is 7.56. The molecule has 0 saturated heterocycles. The van der Waals surface area contributed by atoms with Crippen LogP contribution in [0.4, 0.5) is 4.39 Å². The number of nitrogens with zero attached hydrogens (tertiary/aromatic N) is 1. The molecule has 0 heterocycles. The number of carbonyl (C=O) groups is 1. The van der Waals surface area contributed by atoms with E-state index in [4.69, 9.17) is 5.73 Å². The van der Waals surface area contributed by atoms with Gasteiger partial charge < -0.3 is 16.0 Å². The average Bonchev–Trinajstić information content (AvgIpc) is 2.50. The highest BCUT2D eigenvalue weighted by Gasteiger charge is 2.16. The summed E-state index contributed by atoms with van der Waals surface area (Å²) in [4.78, 5) is 13.8. The van der Waals surface area contributed by atoms with E-state index >= 15 is 0 Å². The first kappa shape index (κ1) is 17.8. The molecule has 0 unspecified atom stereocenters. The van der Waals surface area contributed by atoms with Gasteiger partial charge in [-0.1, -0.05) is 19.9 Å². The summed E-state index contributed by atoms with van der Waals surface area (Å²) in [5.41, 5.74) is 7.17. The number of nitrogens with one attached hydrogen (secondary N) is 1. The van der Waals surface area contributed by atoms with Crippen molar-refractivity contribution >= 4 is 15.4 Å². The highest BCUT2D eigenvalue weighted by molar-refractivity contribution is 6.37. The second kappa shape index (κ2) is 8.91. The topological polar surface area (TPSA) is 58.4 Å². The molecule has 6 heteroatoms. The molecule has 1 aromatic carbocycles. The molecule has 0 aliphatic carbocycles. The molecule has 21 heavy (non-hydrogen) atoms. The molecule has 0 bridgehead atoms. The number of rotatable bonds is 8. The minimum atomic E-state index is -0.469. The van der Waals surface area contributed by atoms with Gasteiger partial charge in [0.05, 0.1) is 15.1 Å². The van der Waals surface area contributed by atoms with Gasteiger partial charge in [0.2, 0.25) is 0 Å². The molecule has 0 spiro atoms. The van der Waals surface area contributed by atoms with Crippen molar-refractivity contribution in [3.63, 3.8) is 0 Å².